The molecule has 0 aliphatic rings. The average molecular weight is 246 g/mol. The summed E-state index contributed by atoms with van der Waals surface area (Å²) in [5.41, 5.74) is 0. The SMILES string of the molecule is CCCCCCC(CF)CCCCC(O)CC. The van der Waals surface area contributed by atoms with Crippen molar-refractivity contribution >= 4 is 0 Å². The van der Waals surface area contributed by atoms with Gasteiger partial charge in [0.15, 0.2) is 0 Å². The van der Waals surface area contributed by atoms with Crippen LogP contribution in [-0.4, -0.2) is 17.9 Å². The molecular weight excluding hydrogens is 215 g/mol. The summed E-state index contributed by atoms with van der Waals surface area (Å²) in [6, 6.07) is 0. The minimum atomic E-state index is -0.164. The van der Waals surface area contributed by atoms with Crippen LogP contribution in [0.4, 0.5) is 4.39 Å². The number of halogens is 1. The molecule has 0 fully saturated rings. The number of aliphatic hydroxyl groups excluding tert-OH is 1. The van der Waals surface area contributed by atoms with Gasteiger partial charge in [-0.25, -0.2) is 0 Å². The van der Waals surface area contributed by atoms with Crippen LogP contribution in [0.3, 0.4) is 0 Å². The van der Waals surface area contributed by atoms with Crippen LogP contribution in [0.25, 0.3) is 0 Å². The fourth-order valence-electron chi connectivity index (χ4n) is 2.18. The van der Waals surface area contributed by atoms with Crippen molar-refractivity contribution in [2.24, 2.45) is 5.92 Å². The lowest BCUT2D eigenvalue weighted by molar-refractivity contribution is 0.155. The van der Waals surface area contributed by atoms with Gasteiger partial charge in [0, 0.05) is 0 Å². The van der Waals surface area contributed by atoms with Gasteiger partial charge in [-0.3, -0.25) is 4.39 Å². The highest BCUT2D eigenvalue weighted by Gasteiger charge is 2.08. The first-order valence-electron chi connectivity index (χ1n) is 7.48. The first kappa shape index (κ1) is 16.9. The summed E-state index contributed by atoms with van der Waals surface area (Å²) in [7, 11) is 0. The van der Waals surface area contributed by atoms with E-state index in [4.69, 9.17) is 0 Å². The van der Waals surface area contributed by atoms with Crippen LogP contribution in [0.1, 0.15) is 78.1 Å². The molecule has 0 amide bonds. The monoisotopic (exact) mass is 246 g/mol. The normalized spacial score (nSPS) is 14.8. The molecule has 1 nitrogen and oxygen atoms in total. The summed E-state index contributed by atoms with van der Waals surface area (Å²) in [5, 5.41) is 9.41. The third-order valence-electron chi connectivity index (χ3n) is 3.56. The van der Waals surface area contributed by atoms with E-state index in [9.17, 15) is 9.50 Å². The Morgan fingerprint density at radius 3 is 2.00 bits per heavy atom. The highest BCUT2D eigenvalue weighted by atomic mass is 19.1. The van der Waals surface area contributed by atoms with Crippen LogP contribution in [0.5, 0.6) is 0 Å². The molecule has 0 aromatic heterocycles. The lowest BCUT2D eigenvalue weighted by Gasteiger charge is -2.13. The molecule has 0 bridgehead atoms. The zero-order valence-electron chi connectivity index (χ0n) is 11.8. The molecule has 0 aliphatic carbocycles. The molecule has 1 N–H and O–H groups in total. The Kier molecular flexibility index (Phi) is 12.3. The maximum absolute atomic E-state index is 12.8. The Balaban J connectivity index is 3.41. The summed E-state index contributed by atoms with van der Waals surface area (Å²) >= 11 is 0. The van der Waals surface area contributed by atoms with Gasteiger partial charge >= 0.3 is 0 Å². The fraction of sp³-hybridized carbons (Fsp3) is 1.00. The van der Waals surface area contributed by atoms with Crippen molar-refractivity contribution in [2.45, 2.75) is 84.2 Å². The van der Waals surface area contributed by atoms with Gasteiger partial charge in [-0.2, -0.15) is 0 Å². The summed E-state index contributed by atoms with van der Waals surface area (Å²) in [6.07, 6.45) is 10.7. The lowest BCUT2D eigenvalue weighted by Crippen LogP contribution is -2.06. The second-order valence-corrected chi connectivity index (χ2v) is 5.22. The zero-order chi connectivity index (χ0) is 12.9. The van der Waals surface area contributed by atoms with E-state index >= 15 is 0 Å². The van der Waals surface area contributed by atoms with E-state index in [1.807, 2.05) is 6.92 Å². The van der Waals surface area contributed by atoms with Crippen molar-refractivity contribution in [3.8, 4) is 0 Å². The number of hydrogen-bond acceptors (Lipinski definition) is 1. The van der Waals surface area contributed by atoms with Gasteiger partial charge < -0.3 is 5.11 Å². The molecule has 0 saturated heterocycles. The van der Waals surface area contributed by atoms with E-state index in [2.05, 4.69) is 6.92 Å². The van der Waals surface area contributed by atoms with Crippen molar-refractivity contribution in [1.82, 2.24) is 0 Å². The highest BCUT2D eigenvalue weighted by Crippen LogP contribution is 2.19. The summed E-state index contributed by atoms with van der Waals surface area (Å²) < 4.78 is 12.8. The zero-order valence-corrected chi connectivity index (χ0v) is 11.8. The molecule has 0 rings (SSSR count). The van der Waals surface area contributed by atoms with Gasteiger partial charge in [-0.15, -0.1) is 0 Å². The van der Waals surface area contributed by atoms with E-state index in [0.717, 1.165) is 38.5 Å². The average Bonchev–Trinajstić information content (AvgIpc) is 2.36. The second-order valence-electron chi connectivity index (χ2n) is 5.22. The van der Waals surface area contributed by atoms with Crippen molar-refractivity contribution in [2.75, 3.05) is 6.67 Å². The Morgan fingerprint density at radius 2 is 1.47 bits per heavy atom. The third kappa shape index (κ3) is 10.7. The molecule has 2 unspecified atom stereocenters. The molecule has 0 spiro atoms. The number of rotatable bonds is 12. The third-order valence-corrected chi connectivity index (χ3v) is 3.56. The predicted octanol–water partition coefficient (Wildman–Crippen LogP) is 4.87. The van der Waals surface area contributed by atoms with Crippen LogP contribution in [-0.2, 0) is 0 Å². The van der Waals surface area contributed by atoms with Crippen molar-refractivity contribution in [3.05, 3.63) is 0 Å². The van der Waals surface area contributed by atoms with E-state index in [-0.39, 0.29) is 18.7 Å². The Bertz CT molecular complexity index is 150. The Hall–Kier alpha value is -0.110. The van der Waals surface area contributed by atoms with E-state index in [1.165, 1.54) is 25.7 Å². The number of alkyl halides is 1. The minimum Gasteiger partial charge on any atom is -0.393 e. The molecule has 104 valence electrons. The molecule has 2 atom stereocenters. The quantitative estimate of drug-likeness (QED) is 0.487. The van der Waals surface area contributed by atoms with Crippen LogP contribution < -0.4 is 0 Å². The smallest absolute Gasteiger partial charge is 0.0922 e. The van der Waals surface area contributed by atoms with Gasteiger partial charge in [-0.05, 0) is 31.6 Å². The van der Waals surface area contributed by atoms with Crippen LogP contribution >= 0.6 is 0 Å². The molecule has 0 aromatic carbocycles. The molecule has 0 heterocycles. The second kappa shape index (κ2) is 12.3. The van der Waals surface area contributed by atoms with E-state index in [1.54, 1.807) is 0 Å². The van der Waals surface area contributed by atoms with E-state index < -0.39 is 0 Å². The number of aliphatic hydroxyl groups is 1. The molecular formula is C15H31FO. The first-order valence-corrected chi connectivity index (χ1v) is 7.48. The van der Waals surface area contributed by atoms with Gasteiger partial charge in [0.1, 0.15) is 0 Å². The molecule has 0 aliphatic heterocycles. The Morgan fingerprint density at radius 1 is 0.882 bits per heavy atom. The lowest BCUT2D eigenvalue weighted by atomic mass is 9.95. The largest absolute Gasteiger partial charge is 0.393 e. The van der Waals surface area contributed by atoms with E-state index in [0.29, 0.717) is 0 Å². The summed E-state index contributed by atoms with van der Waals surface area (Å²) in [6.45, 7) is 4.04. The van der Waals surface area contributed by atoms with Crippen LogP contribution in [0.2, 0.25) is 0 Å². The maximum atomic E-state index is 12.8. The first-order chi connectivity index (χ1) is 8.24. The molecule has 2 heteroatoms. The summed E-state index contributed by atoms with van der Waals surface area (Å²) in [4.78, 5) is 0. The molecule has 17 heavy (non-hydrogen) atoms. The highest BCUT2D eigenvalue weighted by molar-refractivity contribution is 4.60. The van der Waals surface area contributed by atoms with Crippen molar-refractivity contribution in [1.29, 1.82) is 0 Å². The minimum absolute atomic E-state index is 0.150. The van der Waals surface area contributed by atoms with Gasteiger partial charge in [0.05, 0.1) is 12.8 Å². The van der Waals surface area contributed by atoms with Crippen LogP contribution in [0.15, 0.2) is 0 Å². The fourth-order valence-corrected chi connectivity index (χ4v) is 2.18. The standard InChI is InChI=1S/C15H31FO/c1-3-5-6-7-10-14(13-16)11-8-9-12-15(17)4-2/h14-15,17H,3-13H2,1-2H3. The van der Waals surface area contributed by atoms with Gasteiger partial charge in [0.2, 0.25) is 0 Å². The topological polar surface area (TPSA) is 20.2 Å². The Labute approximate surface area is 107 Å². The van der Waals surface area contributed by atoms with Crippen LogP contribution in [0, 0.1) is 5.92 Å². The van der Waals surface area contributed by atoms with Crippen molar-refractivity contribution in [3.63, 3.8) is 0 Å². The van der Waals surface area contributed by atoms with Gasteiger partial charge in [0.25, 0.3) is 0 Å². The predicted molar refractivity (Wildman–Crippen MR) is 73.0 cm³/mol. The maximum Gasteiger partial charge on any atom is 0.0922 e. The van der Waals surface area contributed by atoms with Gasteiger partial charge in [-0.1, -0.05) is 52.4 Å². The molecule has 0 radical (unpaired) electrons. The summed E-state index contributed by atoms with van der Waals surface area (Å²) in [5.74, 6) is 0.269. The molecule has 0 aromatic rings. The number of unbranched alkanes of at least 4 members (excludes halogenated alkanes) is 4. The van der Waals surface area contributed by atoms with Crippen molar-refractivity contribution < 1.29 is 9.50 Å². The number of hydrogen-bond donors (Lipinski definition) is 1. The molecule has 0 saturated carbocycles.